The molecule has 0 atom stereocenters. The minimum atomic E-state index is -3.19. The predicted octanol–water partition coefficient (Wildman–Crippen LogP) is 0.620. The van der Waals surface area contributed by atoms with Crippen molar-refractivity contribution in [2.45, 2.75) is 6.54 Å². The molecule has 0 fully saturated rings. The zero-order valence-electron chi connectivity index (χ0n) is 7.16. The molecule has 0 saturated carbocycles. The number of hydrogen-bond donors (Lipinski definition) is 2. The lowest BCUT2D eigenvalue weighted by Gasteiger charge is -2.01. The van der Waals surface area contributed by atoms with E-state index in [1.165, 1.54) is 6.08 Å². The number of aromatic amines is 1. The molecule has 1 rings (SSSR count). The Kier molecular flexibility index (Phi) is 3.27. The number of hydrogen-bond acceptors (Lipinski definition) is 2. The maximum Gasteiger partial charge on any atom is 0.215 e. The van der Waals surface area contributed by atoms with Crippen molar-refractivity contribution in [2.24, 2.45) is 0 Å². The van der Waals surface area contributed by atoms with E-state index in [4.69, 9.17) is 0 Å². The molecule has 0 aliphatic carbocycles. The molecule has 1 aromatic heterocycles. The predicted molar refractivity (Wildman–Crippen MR) is 51.6 cm³/mol. The number of aromatic nitrogens is 1. The standard InChI is InChI=1S/C8H12N2O2S/c1-2-5-13(11,12)10-7-8-3-4-9-6-8/h2-4,6,9-10H,1,5,7H2. The van der Waals surface area contributed by atoms with Crippen molar-refractivity contribution in [2.75, 3.05) is 5.75 Å². The maximum atomic E-state index is 11.1. The van der Waals surface area contributed by atoms with Gasteiger partial charge >= 0.3 is 0 Å². The topological polar surface area (TPSA) is 62.0 Å². The first-order valence-electron chi connectivity index (χ1n) is 3.84. The van der Waals surface area contributed by atoms with Gasteiger partial charge in [0.15, 0.2) is 0 Å². The summed E-state index contributed by atoms with van der Waals surface area (Å²) in [7, 11) is -3.19. The number of rotatable bonds is 5. The van der Waals surface area contributed by atoms with E-state index in [0.29, 0.717) is 6.54 Å². The van der Waals surface area contributed by atoms with E-state index in [-0.39, 0.29) is 5.75 Å². The summed E-state index contributed by atoms with van der Waals surface area (Å²) >= 11 is 0. The second-order valence-electron chi connectivity index (χ2n) is 2.61. The lowest BCUT2D eigenvalue weighted by atomic mass is 10.4. The van der Waals surface area contributed by atoms with Gasteiger partial charge in [0.25, 0.3) is 0 Å². The summed E-state index contributed by atoms with van der Waals surface area (Å²) in [6, 6.07) is 1.82. The summed E-state index contributed by atoms with van der Waals surface area (Å²) in [4.78, 5) is 2.84. The normalized spacial score (nSPS) is 11.4. The highest BCUT2D eigenvalue weighted by atomic mass is 32.2. The lowest BCUT2D eigenvalue weighted by Crippen LogP contribution is -2.24. The number of H-pyrrole nitrogens is 1. The van der Waals surface area contributed by atoms with Crippen LogP contribution in [0.3, 0.4) is 0 Å². The van der Waals surface area contributed by atoms with Crippen LogP contribution in [0.15, 0.2) is 31.1 Å². The van der Waals surface area contributed by atoms with Crippen LogP contribution in [0, 0.1) is 0 Å². The van der Waals surface area contributed by atoms with Gasteiger partial charge in [-0.15, -0.1) is 6.58 Å². The largest absolute Gasteiger partial charge is 0.367 e. The fourth-order valence-corrected chi connectivity index (χ4v) is 1.69. The van der Waals surface area contributed by atoms with E-state index in [1.807, 2.05) is 6.07 Å². The van der Waals surface area contributed by atoms with Gasteiger partial charge < -0.3 is 4.98 Å². The van der Waals surface area contributed by atoms with E-state index >= 15 is 0 Å². The van der Waals surface area contributed by atoms with Crippen molar-refractivity contribution in [1.82, 2.24) is 9.71 Å². The second-order valence-corrected chi connectivity index (χ2v) is 4.46. The maximum absolute atomic E-state index is 11.1. The van der Waals surface area contributed by atoms with Gasteiger partial charge in [0.05, 0.1) is 5.75 Å². The summed E-state index contributed by atoms with van der Waals surface area (Å²) in [5, 5.41) is 0. The third-order valence-electron chi connectivity index (χ3n) is 1.50. The van der Waals surface area contributed by atoms with E-state index in [0.717, 1.165) is 5.56 Å². The molecular formula is C8H12N2O2S. The van der Waals surface area contributed by atoms with Crippen molar-refractivity contribution in [3.05, 3.63) is 36.7 Å². The van der Waals surface area contributed by atoms with Gasteiger partial charge in [-0.05, 0) is 11.6 Å². The second kappa shape index (κ2) is 4.25. The SMILES string of the molecule is C=CCS(=O)(=O)NCc1cc[nH]c1. The van der Waals surface area contributed by atoms with Crippen LogP contribution in [-0.4, -0.2) is 19.2 Å². The molecule has 0 aromatic carbocycles. The van der Waals surface area contributed by atoms with Crippen LogP contribution in [0.2, 0.25) is 0 Å². The van der Waals surface area contributed by atoms with Crippen LogP contribution in [0.4, 0.5) is 0 Å². The summed E-state index contributed by atoms with van der Waals surface area (Å²) < 4.78 is 24.7. The number of nitrogens with one attached hydrogen (secondary N) is 2. The van der Waals surface area contributed by atoms with Crippen molar-refractivity contribution in [1.29, 1.82) is 0 Å². The molecule has 0 amide bonds. The fraction of sp³-hybridized carbons (Fsp3) is 0.250. The quantitative estimate of drug-likeness (QED) is 0.684. The van der Waals surface area contributed by atoms with E-state index < -0.39 is 10.0 Å². The summed E-state index contributed by atoms with van der Waals surface area (Å²) in [5.74, 6) is -0.0442. The minimum Gasteiger partial charge on any atom is -0.367 e. The number of sulfonamides is 1. The molecule has 13 heavy (non-hydrogen) atoms. The van der Waals surface area contributed by atoms with Crippen molar-refractivity contribution >= 4 is 10.0 Å². The zero-order valence-corrected chi connectivity index (χ0v) is 7.97. The Bertz CT molecular complexity index is 354. The Morgan fingerprint density at radius 1 is 1.62 bits per heavy atom. The average molecular weight is 200 g/mol. The highest BCUT2D eigenvalue weighted by Crippen LogP contribution is 1.96. The van der Waals surface area contributed by atoms with Gasteiger partial charge in [-0.25, -0.2) is 13.1 Å². The highest BCUT2D eigenvalue weighted by molar-refractivity contribution is 7.89. The third kappa shape index (κ3) is 3.43. The Hall–Kier alpha value is -1.07. The van der Waals surface area contributed by atoms with E-state index in [9.17, 15) is 8.42 Å². The molecule has 0 spiro atoms. The monoisotopic (exact) mass is 200 g/mol. The third-order valence-corrected chi connectivity index (χ3v) is 2.75. The van der Waals surface area contributed by atoms with Crippen LogP contribution in [0.5, 0.6) is 0 Å². The van der Waals surface area contributed by atoms with Crippen molar-refractivity contribution in [3.8, 4) is 0 Å². The molecule has 5 heteroatoms. The molecule has 0 radical (unpaired) electrons. The first-order valence-corrected chi connectivity index (χ1v) is 5.49. The van der Waals surface area contributed by atoms with Crippen LogP contribution in [0.1, 0.15) is 5.56 Å². The van der Waals surface area contributed by atoms with Gasteiger partial charge in [-0.2, -0.15) is 0 Å². The first kappa shape index (κ1) is 10.0. The molecule has 0 aliphatic rings. The molecule has 0 aliphatic heterocycles. The van der Waals surface area contributed by atoms with Gasteiger partial charge in [-0.1, -0.05) is 6.08 Å². The van der Waals surface area contributed by atoms with Gasteiger partial charge in [-0.3, -0.25) is 0 Å². The molecule has 0 unspecified atom stereocenters. The summed E-state index contributed by atoms with van der Waals surface area (Å²) in [5.41, 5.74) is 0.910. The molecule has 0 bridgehead atoms. The highest BCUT2D eigenvalue weighted by Gasteiger charge is 2.06. The Balaban J connectivity index is 2.47. The first-order chi connectivity index (χ1) is 6.14. The van der Waals surface area contributed by atoms with Crippen molar-refractivity contribution < 1.29 is 8.42 Å². The van der Waals surface area contributed by atoms with Crippen LogP contribution in [-0.2, 0) is 16.6 Å². The van der Waals surface area contributed by atoms with Gasteiger partial charge in [0.1, 0.15) is 0 Å². The molecular weight excluding hydrogens is 188 g/mol. The summed E-state index contributed by atoms with van der Waals surface area (Å²) in [6.07, 6.45) is 4.85. The van der Waals surface area contributed by atoms with Crippen LogP contribution < -0.4 is 4.72 Å². The van der Waals surface area contributed by atoms with Crippen LogP contribution in [0.25, 0.3) is 0 Å². The molecule has 0 saturated heterocycles. The Morgan fingerprint density at radius 2 is 2.38 bits per heavy atom. The molecule has 1 heterocycles. The van der Waals surface area contributed by atoms with E-state index in [2.05, 4.69) is 16.3 Å². The molecule has 1 aromatic rings. The molecule has 2 N–H and O–H groups in total. The molecule has 72 valence electrons. The Morgan fingerprint density at radius 3 is 2.92 bits per heavy atom. The smallest absolute Gasteiger partial charge is 0.215 e. The van der Waals surface area contributed by atoms with Gasteiger partial charge in [0.2, 0.25) is 10.0 Å². The summed E-state index contributed by atoms with van der Waals surface area (Å²) in [6.45, 7) is 3.68. The average Bonchev–Trinajstić information content (AvgIpc) is 2.52. The lowest BCUT2D eigenvalue weighted by molar-refractivity contribution is 0.584. The van der Waals surface area contributed by atoms with E-state index in [1.54, 1.807) is 12.4 Å². The fourth-order valence-electron chi connectivity index (χ4n) is 0.876. The minimum absolute atomic E-state index is 0.0442. The van der Waals surface area contributed by atoms with Crippen molar-refractivity contribution in [3.63, 3.8) is 0 Å². The van der Waals surface area contributed by atoms with Crippen LogP contribution >= 0.6 is 0 Å². The van der Waals surface area contributed by atoms with Gasteiger partial charge in [0, 0.05) is 18.9 Å². The molecule has 4 nitrogen and oxygen atoms in total. The zero-order chi connectivity index (χ0) is 9.73. The Labute approximate surface area is 77.7 Å².